The Morgan fingerprint density at radius 2 is 1.89 bits per heavy atom. The molecule has 0 spiro atoms. The van der Waals surface area contributed by atoms with Gasteiger partial charge >= 0.3 is 0 Å². The smallest absolute Gasteiger partial charge is 0.224 e. The lowest BCUT2D eigenvalue weighted by Crippen LogP contribution is -1.98. The number of hydrogen-bond acceptors (Lipinski definition) is 2. The molecule has 2 aromatic rings. The predicted octanol–water partition coefficient (Wildman–Crippen LogP) is 5.19. The van der Waals surface area contributed by atoms with E-state index < -0.39 is 0 Å². The highest BCUT2D eigenvalue weighted by Gasteiger charge is 2.12. The van der Waals surface area contributed by atoms with Gasteiger partial charge in [-0.25, -0.2) is 4.98 Å². The minimum atomic E-state index is 0.359. The van der Waals surface area contributed by atoms with E-state index in [1.54, 1.807) is 0 Å². The third kappa shape index (κ3) is 3.20. The van der Waals surface area contributed by atoms with Crippen LogP contribution in [0.1, 0.15) is 22.4 Å². The van der Waals surface area contributed by atoms with Gasteiger partial charge in [0.1, 0.15) is 5.75 Å². The molecule has 0 bridgehead atoms. The summed E-state index contributed by atoms with van der Waals surface area (Å²) in [4.78, 5) is 4.40. The number of aromatic nitrogens is 1. The Morgan fingerprint density at radius 3 is 2.53 bits per heavy atom. The van der Waals surface area contributed by atoms with E-state index in [0.717, 1.165) is 22.4 Å². The van der Waals surface area contributed by atoms with E-state index in [1.165, 1.54) is 0 Å². The zero-order chi connectivity index (χ0) is 14.0. The highest BCUT2D eigenvalue weighted by atomic mass is 35.5. The van der Waals surface area contributed by atoms with E-state index in [4.69, 9.17) is 27.9 Å². The molecule has 0 aliphatic rings. The summed E-state index contributed by atoms with van der Waals surface area (Å²) in [7, 11) is 0. The zero-order valence-corrected chi connectivity index (χ0v) is 12.6. The molecule has 4 heteroatoms. The normalized spacial score (nSPS) is 10.6. The Bertz CT molecular complexity index is 611. The van der Waals surface area contributed by atoms with Crippen molar-refractivity contribution in [3.63, 3.8) is 0 Å². The van der Waals surface area contributed by atoms with Gasteiger partial charge in [-0.2, -0.15) is 0 Å². The molecule has 0 fully saturated rings. The van der Waals surface area contributed by atoms with Crippen LogP contribution in [0, 0.1) is 20.8 Å². The molecule has 100 valence electrons. The van der Waals surface area contributed by atoms with Gasteiger partial charge in [-0.1, -0.05) is 17.7 Å². The van der Waals surface area contributed by atoms with E-state index in [9.17, 15) is 0 Å². The van der Waals surface area contributed by atoms with Crippen molar-refractivity contribution >= 4 is 23.2 Å². The first kappa shape index (κ1) is 14.2. The number of rotatable bonds is 3. The Morgan fingerprint density at radius 1 is 1.16 bits per heavy atom. The average Bonchev–Trinajstić information content (AvgIpc) is 2.32. The topological polar surface area (TPSA) is 22.1 Å². The van der Waals surface area contributed by atoms with Crippen molar-refractivity contribution in [3.05, 3.63) is 51.7 Å². The summed E-state index contributed by atoms with van der Waals surface area (Å²) in [6, 6.07) is 7.64. The average molecular weight is 296 g/mol. The summed E-state index contributed by atoms with van der Waals surface area (Å²) in [5.74, 6) is 1.48. The highest BCUT2D eigenvalue weighted by Crippen LogP contribution is 2.32. The SMILES string of the molecule is Cc1ccc(Oc2nc(C)cc(C)c2CCl)c(Cl)c1. The molecule has 2 rings (SSSR count). The maximum absolute atomic E-state index is 6.17. The Kier molecular flexibility index (Phi) is 4.33. The fraction of sp³-hybridized carbons (Fsp3) is 0.267. The van der Waals surface area contributed by atoms with Gasteiger partial charge in [0.15, 0.2) is 0 Å². The van der Waals surface area contributed by atoms with Crippen LogP contribution in [0.15, 0.2) is 24.3 Å². The van der Waals surface area contributed by atoms with Crippen LogP contribution < -0.4 is 4.74 Å². The number of hydrogen-bond donors (Lipinski definition) is 0. The molecule has 1 aromatic heterocycles. The second-order valence-corrected chi connectivity index (χ2v) is 5.21. The van der Waals surface area contributed by atoms with E-state index in [-0.39, 0.29) is 0 Å². The van der Waals surface area contributed by atoms with Crippen molar-refractivity contribution in [1.82, 2.24) is 4.98 Å². The molecular formula is C15H15Cl2NO. The number of ether oxygens (including phenoxy) is 1. The van der Waals surface area contributed by atoms with Crippen molar-refractivity contribution in [1.29, 1.82) is 0 Å². The van der Waals surface area contributed by atoms with Gasteiger partial charge in [0.25, 0.3) is 0 Å². The molecular weight excluding hydrogens is 281 g/mol. The van der Waals surface area contributed by atoms with Gasteiger partial charge in [0, 0.05) is 11.3 Å². The maximum Gasteiger partial charge on any atom is 0.224 e. The first-order valence-corrected chi connectivity index (χ1v) is 6.89. The maximum atomic E-state index is 6.17. The standard InChI is InChI=1S/C15H15Cl2NO/c1-9-4-5-14(13(17)6-9)19-15-12(8-16)10(2)7-11(3)18-15/h4-7H,8H2,1-3H3. The van der Waals surface area contributed by atoms with Gasteiger partial charge in [-0.15, -0.1) is 11.6 Å². The Hall–Kier alpha value is -1.25. The molecule has 0 saturated heterocycles. The first-order valence-electron chi connectivity index (χ1n) is 5.98. The minimum Gasteiger partial charge on any atom is -0.437 e. The van der Waals surface area contributed by atoms with Crippen molar-refractivity contribution in [3.8, 4) is 11.6 Å². The second kappa shape index (κ2) is 5.81. The molecule has 19 heavy (non-hydrogen) atoms. The van der Waals surface area contributed by atoms with Crippen LogP contribution >= 0.6 is 23.2 Å². The summed E-state index contributed by atoms with van der Waals surface area (Å²) in [6.45, 7) is 5.90. The second-order valence-electron chi connectivity index (χ2n) is 4.53. The number of halogens is 2. The largest absolute Gasteiger partial charge is 0.437 e. The molecule has 1 heterocycles. The number of aryl methyl sites for hydroxylation is 3. The molecule has 0 atom stereocenters. The molecule has 0 unspecified atom stereocenters. The first-order chi connectivity index (χ1) is 9.01. The van der Waals surface area contributed by atoms with Crippen LogP contribution in [0.3, 0.4) is 0 Å². The Balaban J connectivity index is 2.42. The van der Waals surface area contributed by atoms with Crippen LogP contribution in [-0.4, -0.2) is 4.98 Å². The summed E-state index contributed by atoms with van der Waals surface area (Å²) in [6.07, 6.45) is 0. The molecule has 0 amide bonds. The van der Waals surface area contributed by atoms with Crippen LogP contribution in [-0.2, 0) is 5.88 Å². The lowest BCUT2D eigenvalue weighted by Gasteiger charge is -2.13. The van der Waals surface area contributed by atoms with E-state index in [0.29, 0.717) is 22.5 Å². The minimum absolute atomic E-state index is 0.359. The number of benzene rings is 1. The highest BCUT2D eigenvalue weighted by molar-refractivity contribution is 6.32. The third-order valence-electron chi connectivity index (χ3n) is 2.87. The summed E-state index contributed by atoms with van der Waals surface area (Å²) in [5.41, 5.74) is 3.94. The molecule has 0 aliphatic heterocycles. The fourth-order valence-electron chi connectivity index (χ4n) is 1.87. The quantitative estimate of drug-likeness (QED) is 0.727. The van der Waals surface area contributed by atoms with Crippen LogP contribution in [0.4, 0.5) is 0 Å². The molecule has 0 N–H and O–H groups in total. The lowest BCUT2D eigenvalue weighted by molar-refractivity contribution is 0.456. The zero-order valence-electron chi connectivity index (χ0n) is 11.1. The summed E-state index contributed by atoms with van der Waals surface area (Å²) in [5, 5.41) is 0.571. The fourth-order valence-corrected chi connectivity index (χ4v) is 2.47. The van der Waals surface area contributed by atoms with E-state index >= 15 is 0 Å². The monoisotopic (exact) mass is 295 g/mol. The number of nitrogens with zero attached hydrogens (tertiary/aromatic N) is 1. The number of pyridine rings is 1. The molecule has 0 radical (unpaired) electrons. The van der Waals surface area contributed by atoms with Crippen molar-refractivity contribution in [2.75, 3.05) is 0 Å². The van der Waals surface area contributed by atoms with Crippen molar-refractivity contribution in [2.24, 2.45) is 0 Å². The van der Waals surface area contributed by atoms with Crippen molar-refractivity contribution < 1.29 is 4.74 Å². The Labute approximate surface area is 123 Å². The summed E-state index contributed by atoms with van der Waals surface area (Å²) >= 11 is 12.1. The molecule has 0 saturated carbocycles. The summed E-state index contributed by atoms with van der Waals surface area (Å²) < 4.78 is 5.82. The van der Waals surface area contributed by atoms with Gasteiger partial charge < -0.3 is 4.74 Å². The predicted molar refractivity (Wildman–Crippen MR) is 79.5 cm³/mol. The third-order valence-corrected chi connectivity index (χ3v) is 3.43. The molecule has 2 nitrogen and oxygen atoms in total. The van der Waals surface area contributed by atoms with Gasteiger partial charge in [0.05, 0.1) is 10.9 Å². The number of alkyl halides is 1. The van der Waals surface area contributed by atoms with Gasteiger partial charge in [-0.3, -0.25) is 0 Å². The van der Waals surface area contributed by atoms with Crippen LogP contribution in [0.5, 0.6) is 11.6 Å². The molecule has 1 aromatic carbocycles. The molecule has 0 aliphatic carbocycles. The van der Waals surface area contributed by atoms with E-state index in [1.807, 2.05) is 45.0 Å². The van der Waals surface area contributed by atoms with Gasteiger partial charge in [-0.05, 0) is 50.1 Å². The van der Waals surface area contributed by atoms with Crippen LogP contribution in [0.2, 0.25) is 5.02 Å². The van der Waals surface area contributed by atoms with Crippen molar-refractivity contribution in [2.45, 2.75) is 26.7 Å². The van der Waals surface area contributed by atoms with Crippen LogP contribution in [0.25, 0.3) is 0 Å². The van der Waals surface area contributed by atoms with Gasteiger partial charge in [0.2, 0.25) is 5.88 Å². The lowest BCUT2D eigenvalue weighted by atomic mass is 10.1. The van der Waals surface area contributed by atoms with E-state index in [2.05, 4.69) is 4.98 Å².